The summed E-state index contributed by atoms with van der Waals surface area (Å²) < 4.78 is 2.69. The minimum absolute atomic E-state index is 0.154. The lowest BCUT2D eigenvalue weighted by Gasteiger charge is -2.09. The highest BCUT2D eigenvalue weighted by Crippen LogP contribution is 2.33. The van der Waals surface area contributed by atoms with E-state index in [0.717, 1.165) is 27.9 Å². The molecule has 8 heteroatoms. The summed E-state index contributed by atoms with van der Waals surface area (Å²) >= 11 is 13.4. The van der Waals surface area contributed by atoms with Crippen LogP contribution in [0.3, 0.4) is 0 Å². The summed E-state index contributed by atoms with van der Waals surface area (Å²) in [7, 11) is 0. The second-order valence-electron chi connectivity index (χ2n) is 6.30. The van der Waals surface area contributed by atoms with Gasteiger partial charge in [-0.1, -0.05) is 71.7 Å². The van der Waals surface area contributed by atoms with E-state index < -0.39 is 0 Å². The Hall–Kier alpha value is -2.80. The quantitative estimate of drug-likeness (QED) is 0.280. The van der Waals surface area contributed by atoms with E-state index in [1.807, 2.05) is 42.5 Å². The number of benzene rings is 3. The highest BCUT2D eigenvalue weighted by atomic mass is 35.5. The first-order chi connectivity index (χ1) is 14.0. The highest BCUT2D eigenvalue weighted by Gasteiger charge is 2.16. The Morgan fingerprint density at radius 3 is 2.69 bits per heavy atom. The number of hydrogen-bond acceptors (Lipinski definition) is 4. The zero-order valence-corrected chi connectivity index (χ0v) is 17.4. The van der Waals surface area contributed by atoms with E-state index in [0.29, 0.717) is 27.3 Å². The molecule has 0 saturated carbocycles. The molecule has 0 aliphatic heterocycles. The molecule has 0 spiro atoms. The Morgan fingerprint density at radius 2 is 1.83 bits per heavy atom. The van der Waals surface area contributed by atoms with Gasteiger partial charge in [0.05, 0.1) is 22.3 Å². The summed E-state index contributed by atoms with van der Waals surface area (Å²) in [5.41, 5.74) is 7.78. The molecule has 1 aromatic heterocycles. The molecular formula is C21H16Cl2N4OS. The SMILES string of the molecule is NC(=NCc1cccc2ccccc12)c1c(Nc2cccc(Cl)c2Cl)s[nH]c1=O. The van der Waals surface area contributed by atoms with E-state index in [9.17, 15) is 4.79 Å². The van der Waals surface area contributed by atoms with Gasteiger partial charge < -0.3 is 11.1 Å². The van der Waals surface area contributed by atoms with Crippen molar-refractivity contribution in [3.63, 3.8) is 0 Å². The van der Waals surface area contributed by atoms with Crippen molar-refractivity contribution >= 4 is 62.0 Å². The Morgan fingerprint density at radius 1 is 1.07 bits per heavy atom. The zero-order valence-electron chi connectivity index (χ0n) is 15.1. The molecule has 0 aliphatic rings. The van der Waals surface area contributed by atoms with Crippen LogP contribution in [-0.2, 0) is 6.54 Å². The summed E-state index contributed by atoms with van der Waals surface area (Å²) in [5.74, 6) is 0.154. The van der Waals surface area contributed by atoms with Crippen molar-refractivity contribution in [1.82, 2.24) is 4.37 Å². The maximum atomic E-state index is 12.3. The first-order valence-corrected chi connectivity index (χ1v) is 10.3. The van der Waals surface area contributed by atoms with Crippen LogP contribution in [0.4, 0.5) is 10.7 Å². The number of nitrogens with two attached hydrogens (primary N) is 1. The standard InChI is InChI=1S/C21H16Cl2N4OS/c22-15-9-4-10-16(18(15)23)26-21-17(20(28)27-29-21)19(24)25-11-13-7-3-6-12-5-1-2-8-14(12)13/h1-10,26H,11H2,(H2,24,25)(H,27,28). The molecule has 0 radical (unpaired) electrons. The van der Waals surface area contributed by atoms with Gasteiger partial charge in [-0.05, 0) is 40.0 Å². The van der Waals surface area contributed by atoms with E-state index in [-0.39, 0.29) is 17.0 Å². The Balaban J connectivity index is 1.65. The van der Waals surface area contributed by atoms with Crippen LogP contribution in [0.5, 0.6) is 0 Å². The van der Waals surface area contributed by atoms with Crippen molar-refractivity contribution in [2.24, 2.45) is 10.7 Å². The van der Waals surface area contributed by atoms with Crippen LogP contribution in [0, 0.1) is 0 Å². The number of anilines is 2. The van der Waals surface area contributed by atoms with Crippen LogP contribution in [0.1, 0.15) is 11.1 Å². The van der Waals surface area contributed by atoms with E-state index in [1.54, 1.807) is 18.2 Å². The number of rotatable bonds is 5. The fraction of sp³-hybridized carbons (Fsp3) is 0.0476. The molecule has 0 fully saturated rings. The number of amidine groups is 1. The molecule has 146 valence electrons. The van der Waals surface area contributed by atoms with Crippen LogP contribution in [-0.4, -0.2) is 10.2 Å². The lowest BCUT2D eigenvalue weighted by atomic mass is 10.0. The van der Waals surface area contributed by atoms with E-state index >= 15 is 0 Å². The summed E-state index contributed by atoms with van der Waals surface area (Å²) in [6.07, 6.45) is 0. The minimum atomic E-state index is -0.310. The Kier molecular flexibility index (Phi) is 5.58. The Bertz CT molecular complexity index is 1270. The van der Waals surface area contributed by atoms with Crippen molar-refractivity contribution in [3.05, 3.63) is 92.2 Å². The summed E-state index contributed by atoms with van der Waals surface area (Å²) in [6.45, 7) is 0.361. The summed E-state index contributed by atoms with van der Waals surface area (Å²) in [4.78, 5) is 16.8. The number of aromatic nitrogens is 1. The number of aliphatic imine (C=N–C) groups is 1. The van der Waals surface area contributed by atoms with Gasteiger partial charge in [0, 0.05) is 0 Å². The molecule has 4 rings (SSSR count). The molecule has 1 heterocycles. The van der Waals surface area contributed by atoms with Gasteiger partial charge in [0.2, 0.25) is 0 Å². The first-order valence-electron chi connectivity index (χ1n) is 8.74. The Labute approximate surface area is 181 Å². The molecule has 0 saturated heterocycles. The van der Waals surface area contributed by atoms with Crippen LogP contribution in [0.25, 0.3) is 10.8 Å². The van der Waals surface area contributed by atoms with Gasteiger partial charge in [-0.15, -0.1) is 0 Å². The van der Waals surface area contributed by atoms with Crippen LogP contribution >= 0.6 is 34.7 Å². The van der Waals surface area contributed by atoms with Crippen molar-refractivity contribution in [2.75, 3.05) is 5.32 Å². The van der Waals surface area contributed by atoms with Gasteiger partial charge in [-0.3, -0.25) is 14.2 Å². The maximum Gasteiger partial charge on any atom is 0.271 e. The van der Waals surface area contributed by atoms with Gasteiger partial charge in [0.1, 0.15) is 16.4 Å². The summed E-state index contributed by atoms with van der Waals surface area (Å²) in [6, 6.07) is 19.3. The smallest absolute Gasteiger partial charge is 0.271 e. The van der Waals surface area contributed by atoms with Crippen molar-refractivity contribution in [1.29, 1.82) is 0 Å². The highest BCUT2D eigenvalue weighted by molar-refractivity contribution is 7.10. The zero-order chi connectivity index (χ0) is 20.4. The third-order valence-electron chi connectivity index (χ3n) is 4.46. The summed E-state index contributed by atoms with van der Waals surface area (Å²) in [5, 5.41) is 6.67. The van der Waals surface area contributed by atoms with Crippen molar-refractivity contribution in [2.45, 2.75) is 6.54 Å². The molecule has 0 atom stereocenters. The number of nitrogens with one attached hydrogen (secondary N) is 2. The predicted molar refractivity (Wildman–Crippen MR) is 123 cm³/mol. The second-order valence-corrected chi connectivity index (χ2v) is 7.91. The molecule has 5 nitrogen and oxygen atoms in total. The van der Waals surface area contributed by atoms with Crippen LogP contribution < -0.4 is 16.6 Å². The monoisotopic (exact) mass is 442 g/mol. The molecule has 0 amide bonds. The van der Waals surface area contributed by atoms with Gasteiger partial charge in [-0.2, -0.15) is 0 Å². The topological polar surface area (TPSA) is 83.3 Å². The van der Waals surface area contributed by atoms with Crippen LogP contribution in [0.2, 0.25) is 10.0 Å². The molecule has 4 N–H and O–H groups in total. The number of hydrogen-bond donors (Lipinski definition) is 3. The molecule has 4 aromatic rings. The number of aromatic amines is 1. The van der Waals surface area contributed by atoms with E-state index in [1.165, 1.54) is 0 Å². The van der Waals surface area contributed by atoms with E-state index in [4.69, 9.17) is 28.9 Å². The fourth-order valence-corrected chi connectivity index (χ4v) is 4.13. The fourth-order valence-electron chi connectivity index (χ4n) is 3.03. The van der Waals surface area contributed by atoms with Gasteiger partial charge in [0.15, 0.2) is 0 Å². The number of fused-ring (bicyclic) bond motifs is 1. The maximum absolute atomic E-state index is 12.3. The molecule has 0 aliphatic carbocycles. The van der Waals surface area contributed by atoms with Gasteiger partial charge >= 0.3 is 0 Å². The molecule has 0 unspecified atom stereocenters. The minimum Gasteiger partial charge on any atom is -0.383 e. The molecule has 29 heavy (non-hydrogen) atoms. The lowest BCUT2D eigenvalue weighted by molar-refractivity contribution is 1.07. The molecule has 3 aromatic carbocycles. The third-order valence-corrected chi connectivity index (χ3v) is 6.07. The van der Waals surface area contributed by atoms with Crippen LogP contribution in [0.15, 0.2) is 70.5 Å². The molecule has 0 bridgehead atoms. The normalized spacial score (nSPS) is 11.7. The molecular weight excluding hydrogens is 427 g/mol. The average molecular weight is 443 g/mol. The van der Waals surface area contributed by atoms with Crippen molar-refractivity contribution < 1.29 is 0 Å². The van der Waals surface area contributed by atoms with E-state index in [2.05, 4.69) is 14.7 Å². The largest absolute Gasteiger partial charge is 0.383 e. The second kappa shape index (κ2) is 8.29. The average Bonchev–Trinajstić information content (AvgIpc) is 3.09. The number of halogens is 2. The van der Waals surface area contributed by atoms with Gasteiger partial charge in [0.25, 0.3) is 5.56 Å². The van der Waals surface area contributed by atoms with Gasteiger partial charge in [-0.25, -0.2) is 0 Å². The lowest BCUT2D eigenvalue weighted by Crippen LogP contribution is -2.22. The number of H-pyrrole nitrogens is 1. The number of nitrogens with zero attached hydrogens (tertiary/aromatic N) is 1. The predicted octanol–water partition coefficient (Wildman–Crippen LogP) is 5.55. The van der Waals surface area contributed by atoms with Crippen molar-refractivity contribution in [3.8, 4) is 0 Å². The third kappa shape index (κ3) is 4.00. The first kappa shape index (κ1) is 19.5.